The van der Waals surface area contributed by atoms with Gasteiger partial charge in [0.1, 0.15) is 22.9 Å². The van der Waals surface area contributed by atoms with Gasteiger partial charge in [-0.25, -0.2) is 4.79 Å². The highest BCUT2D eigenvalue weighted by molar-refractivity contribution is 7.49. The summed E-state index contributed by atoms with van der Waals surface area (Å²) >= 11 is 0. The molecule has 0 bridgehead atoms. The average Bonchev–Trinajstić information content (AvgIpc) is 2.93. The maximum atomic E-state index is 13.6. The third-order valence-corrected chi connectivity index (χ3v) is 5.48. The Kier molecular flexibility index (Phi) is 7.29. The Morgan fingerprint density at radius 1 is 0.871 bits per heavy atom. The Bertz CT molecular complexity index is 894. The van der Waals surface area contributed by atoms with Gasteiger partial charge in [-0.1, -0.05) is 36.4 Å². The molecule has 8 heteroatoms. The summed E-state index contributed by atoms with van der Waals surface area (Å²) in [5.74, 6) is 1.03. The summed E-state index contributed by atoms with van der Waals surface area (Å²) in [6, 6.07) is 17.4. The molecule has 1 aliphatic rings. The highest BCUT2D eigenvalue weighted by Crippen LogP contribution is 2.52. The molecule has 166 valence electrons. The molecule has 0 atom stereocenters. The molecule has 2 aromatic carbocycles. The number of rotatable bonds is 6. The molecule has 2 aromatic rings. The third-order valence-electron chi connectivity index (χ3n) is 4.15. The largest absolute Gasteiger partial charge is 0.646 e. The van der Waals surface area contributed by atoms with E-state index in [1.165, 1.54) is 11.1 Å². The Morgan fingerprint density at radius 3 is 1.94 bits per heavy atom. The molecule has 1 aliphatic heterocycles. The van der Waals surface area contributed by atoms with Crippen LogP contribution < -0.4 is 9.05 Å². The van der Waals surface area contributed by atoms with Gasteiger partial charge in [0.15, 0.2) is 0 Å². The first-order valence-corrected chi connectivity index (χ1v) is 11.7. The molecule has 7 nitrogen and oxygen atoms in total. The summed E-state index contributed by atoms with van der Waals surface area (Å²) < 4.78 is 36.2. The number of nitrogens with zero attached hydrogens (tertiary/aromatic N) is 1. The summed E-state index contributed by atoms with van der Waals surface area (Å²) in [4.78, 5) is 14.0. The van der Waals surface area contributed by atoms with E-state index >= 15 is 0 Å². The van der Waals surface area contributed by atoms with Gasteiger partial charge in [-0.3, -0.25) is 4.90 Å². The molecule has 0 aromatic heterocycles. The standard InChI is InChI=1S/C23H28NO6P/c1-23(2,3)27-22(25)24-17-11-10-16-21(18-24)30-31(26,28-19-12-6-4-7-13-19)29-20-14-8-5-9-15-20/h4-9,12-15,18H,10-11,16-17H2,1-3H3. The zero-order valence-electron chi connectivity index (χ0n) is 18.0. The highest BCUT2D eigenvalue weighted by atomic mass is 31.2. The van der Waals surface area contributed by atoms with E-state index in [1.807, 2.05) is 12.1 Å². The second kappa shape index (κ2) is 9.92. The number of amides is 1. The molecule has 0 N–H and O–H groups in total. The van der Waals surface area contributed by atoms with Crippen molar-refractivity contribution >= 4 is 13.9 Å². The molecule has 1 heterocycles. The van der Waals surface area contributed by atoms with E-state index in [4.69, 9.17) is 18.3 Å². The Balaban J connectivity index is 1.84. The van der Waals surface area contributed by atoms with Crippen molar-refractivity contribution in [3.05, 3.63) is 72.6 Å². The van der Waals surface area contributed by atoms with Gasteiger partial charge < -0.3 is 18.3 Å². The van der Waals surface area contributed by atoms with Crippen molar-refractivity contribution in [3.8, 4) is 11.5 Å². The van der Waals surface area contributed by atoms with Gasteiger partial charge in [0.25, 0.3) is 0 Å². The van der Waals surface area contributed by atoms with Gasteiger partial charge in [-0.2, -0.15) is 4.57 Å². The van der Waals surface area contributed by atoms with Crippen LogP contribution in [0.1, 0.15) is 40.0 Å². The third kappa shape index (κ3) is 7.37. The summed E-state index contributed by atoms with van der Waals surface area (Å²) in [7, 11) is -4.10. The Hall–Kier alpha value is -2.92. The van der Waals surface area contributed by atoms with Crippen LogP contribution in [0.15, 0.2) is 72.6 Å². The summed E-state index contributed by atoms with van der Waals surface area (Å²) in [6.45, 7) is 5.89. The van der Waals surface area contributed by atoms with Gasteiger partial charge in [0, 0.05) is 19.2 Å². The lowest BCUT2D eigenvalue weighted by Crippen LogP contribution is -2.34. The van der Waals surface area contributed by atoms with E-state index in [9.17, 15) is 9.36 Å². The van der Waals surface area contributed by atoms with E-state index in [1.54, 1.807) is 69.3 Å². The normalized spacial score (nSPS) is 14.8. The minimum Gasteiger partial charge on any atom is -0.443 e. The number of phosphoric ester groups is 1. The van der Waals surface area contributed by atoms with Crippen LogP contribution in [0.2, 0.25) is 0 Å². The van der Waals surface area contributed by atoms with Crippen molar-refractivity contribution in [1.29, 1.82) is 0 Å². The number of hydrogen-bond donors (Lipinski definition) is 0. The van der Waals surface area contributed by atoms with Crippen LogP contribution in [0.3, 0.4) is 0 Å². The first-order valence-electron chi connectivity index (χ1n) is 10.2. The number of allylic oxidation sites excluding steroid dienone is 1. The van der Waals surface area contributed by atoms with Crippen LogP contribution in [0.25, 0.3) is 0 Å². The molecule has 0 spiro atoms. The highest BCUT2D eigenvalue weighted by Gasteiger charge is 2.35. The molecule has 0 aliphatic carbocycles. The van der Waals surface area contributed by atoms with Crippen molar-refractivity contribution in [2.24, 2.45) is 0 Å². The molecule has 0 saturated heterocycles. The second-order valence-electron chi connectivity index (χ2n) is 8.07. The molecule has 3 rings (SSSR count). The number of carbonyl (C=O) groups is 1. The lowest BCUT2D eigenvalue weighted by atomic mass is 10.2. The van der Waals surface area contributed by atoms with E-state index < -0.39 is 19.5 Å². The van der Waals surface area contributed by atoms with Crippen LogP contribution in [0.5, 0.6) is 11.5 Å². The van der Waals surface area contributed by atoms with Gasteiger partial charge in [-0.15, -0.1) is 0 Å². The summed E-state index contributed by atoms with van der Waals surface area (Å²) in [6.07, 6.45) is 3.03. The first kappa shape index (κ1) is 22.8. The van der Waals surface area contributed by atoms with Gasteiger partial charge >= 0.3 is 13.9 Å². The monoisotopic (exact) mass is 445 g/mol. The fraction of sp³-hybridized carbons (Fsp3) is 0.348. The predicted molar refractivity (Wildman–Crippen MR) is 118 cm³/mol. The van der Waals surface area contributed by atoms with E-state index in [2.05, 4.69) is 0 Å². The van der Waals surface area contributed by atoms with Crippen LogP contribution in [0.4, 0.5) is 4.79 Å². The van der Waals surface area contributed by atoms with E-state index in [0.29, 0.717) is 30.2 Å². The lowest BCUT2D eigenvalue weighted by molar-refractivity contribution is 0.0331. The van der Waals surface area contributed by atoms with Crippen molar-refractivity contribution in [3.63, 3.8) is 0 Å². The predicted octanol–water partition coefficient (Wildman–Crippen LogP) is 6.53. The van der Waals surface area contributed by atoms with Crippen LogP contribution in [-0.2, 0) is 13.8 Å². The SMILES string of the molecule is CC(C)(C)OC(=O)N1C=C(OP(=O)(Oc2ccccc2)Oc2ccccc2)CCCC1. The van der Waals surface area contributed by atoms with Crippen LogP contribution in [-0.4, -0.2) is 23.1 Å². The van der Waals surface area contributed by atoms with E-state index in [0.717, 1.165) is 12.8 Å². The molecular formula is C23H28NO6P. The van der Waals surface area contributed by atoms with Gasteiger partial charge in [0.2, 0.25) is 0 Å². The Labute approximate surface area is 183 Å². The molecule has 1 amide bonds. The minimum atomic E-state index is -4.10. The van der Waals surface area contributed by atoms with Crippen LogP contribution >= 0.6 is 7.82 Å². The maximum Gasteiger partial charge on any atom is 0.646 e. The van der Waals surface area contributed by atoms with Gasteiger partial charge in [0.05, 0.1) is 0 Å². The maximum absolute atomic E-state index is 13.6. The quantitative estimate of drug-likeness (QED) is 0.471. The summed E-state index contributed by atoms with van der Waals surface area (Å²) in [5.41, 5.74) is -0.625. The lowest BCUT2D eigenvalue weighted by Gasteiger charge is -2.25. The fourth-order valence-electron chi connectivity index (χ4n) is 2.84. The molecule has 0 unspecified atom stereocenters. The smallest absolute Gasteiger partial charge is 0.443 e. The topological polar surface area (TPSA) is 74.3 Å². The van der Waals surface area contributed by atoms with E-state index in [-0.39, 0.29) is 0 Å². The first-order chi connectivity index (χ1) is 14.7. The molecule has 31 heavy (non-hydrogen) atoms. The number of benzene rings is 2. The molecular weight excluding hydrogens is 417 g/mol. The fourth-order valence-corrected chi connectivity index (χ4v) is 4.14. The number of carbonyl (C=O) groups excluding carboxylic acids is 1. The number of para-hydroxylation sites is 2. The minimum absolute atomic E-state index is 0.332. The zero-order chi connectivity index (χ0) is 22.3. The van der Waals surface area contributed by atoms with Crippen molar-refractivity contribution in [2.45, 2.75) is 45.6 Å². The van der Waals surface area contributed by atoms with Crippen LogP contribution in [0, 0.1) is 0 Å². The molecule has 0 saturated carbocycles. The van der Waals surface area contributed by atoms with Gasteiger partial charge in [-0.05, 0) is 57.9 Å². The Morgan fingerprint density at radius 2 is 1.42 bits per heavy atom. The molecule has 0 radical (unpaired) electrons. The number of ether oxygens (including phenoxy) is 1. The number of hydrogen-bond acceptors (Lipinski definition) is 6. The summed E-state index contributed by atoms with van der Waals surface area (Å²) in [5, 5.41) is 0. The second-order valence-corrected chi connectivity index (χ2v) is 9.52. The van der Waals surface area contributed by atoms with Crippen molar-refractivity contribution in [2.75, 3.05) is 6.54 Å². The number of phosphoric acid groups is 1. The van der Waals surface area contributed by atoms with Crippen molar-refractivity contribution < 1.29 is 27.7 Å². The zero-order valence-corrected chi connectivity index (χ0v) is 18.9. The van der Waals surface area contributed by atoms with Crippen molar-refractivity contribution in [1.82, 2.24) is 4.90 Å². The molecule has 0 fully saturated rings. The average molecular weight is 445 g/mol.